The lowest BCUT2D eigenvalue weighted by Gasteiger charge is -2.31. The van der Waals surface area contributed by atoms with Gasteiger partial charge in [-0.2, -0.15) is 0 Å². The van der Waals surface area contributed by atoms with Crippen LogP contribution in [-0.2, 0) is 0 Å². The average Bonchev–Trinajstić information content (AvgIpc) is 2.22. The Bertz CT molecular complexity index is 388. The van der Waals surface area contributed by atoms with E-state index in [9.17, 15) is 9.50 Å². The van der Waals surface area contributed by atoms with Crippen molar-refractivity contribution in [3.05, 3.63) is 29.6 Å². The summed E-state index contributed by atoms with van der Waals surface area (Å²) in [5.74, 6) is 0.473. The molecule has 3 heteroatoms. The second-order valence-electron chi connectivity index (χ2n) is 5.06. The van der Waals surface area contributed by atoms with Crippen LogP contribution in [0.15, 0.2) is 18.2 Å². The SMILES string of the molecule is C[C@@H](O)c1ccc(N(C)CC2CCC2)c(F)c1. The fourth-order valence-electron chi connectivity index (χ4n) is 2.25. The van der Waals surface area contributed by atoms with Crippen LogP contribution < -0.4 is 4.90 Å². The van der Waals surface area contributed by atoms with Gasteiger partial charge in [-0.25, -0.2) is 4.39 Å². The number of rotatable bonds is 4. The number of hydrogen-bond donors (Lipinski definition) is 1. The zero-order valence-corrected chi connectivity index (χ0v) is 10.5. The topological polar surface area (TPSA) is 23.5 Å². The van der Waals surface area contributed by atoms with E-state index in [0.717, 1.165) is 12.5 Å². The fourth-order valence-corrected chi connectivity index (χ4v) is 2.25. The van der Waals surface area contributed by atoms with Crippen LogP contribution in [0.4, 0.5) is 10.1 Å². The van der Waals surface area contributed by atoms with Crippen molar-refractivity contribution in [2.45, 2.75) is 32.3 Å². The molecular weight excluding hydrogens is 217 g/mol. The van der Waals surface area contributed by atoms with Gasteiger partial charge < -0.3 is 10.0 Å². The first-order valence-electron chi connectivity index (χ1n) is 6.26. The molecule has 0 aliphatic heterocycles. The molecule has 1 saturated carbocycles. The smallest absolute Gasteiger partial charge is 0.146 e. The summed E-state index contributed by atoms with van der Waals surface area (Å²) in [5, 5.41) is 9.39. The van der Waals surface area contributed by atoms with E-state index in [4.69, 9.17) is 0 Å². The van der Waals surface area contributed by atoms with Gasteiger partial charge >= 0.3 is 0 Å². The highest BCUT2D eigenvalue weighted by Crippen LogP contribution is 2.29. The molecule has 1 N–H and O–H groups in total. The van der Waals surface area contributed by atoms with Crippen molar-refractivity contribution >= 4 is 5.69 Å². The predicted molar refractivity (Wildman–Crippen MR) is 67.6 cm³/mol. The molecule has 0 amide bonds. The molecule has 17 heavy (non-hydrogen) atoms. The summed E-state index contributed by atoms with van der Waals surface area (Å²) in [4.78, 5) is 1.98. The molecular formula is C14H20FNO. The number of hydrogen-bond acceptors (Lipinski definition) is 2. The van der Waals surface area contributed by atoms with Crippen LogP contribution in [0.2, 0.25) is 0 Å². The van der Waals surface area contributed by atoms with Crippen LogP contribution in [0, 0.1) is 11.7 Å². The number of benzene rings is 1. The van der Waals surface area contributed by atoms with E-state index in [2.05, 4.69) is 0 Å². The minimum absolute atomic E-state index is 0.245. The standard InChI is InChI=1S/C14H20FNO/c1-10(17)12-6-7-14(13(15)8-12)16(2)9-11-4-3-5-11/h6-8,10-11,17H,3-5,9H2,1-2H3/t10-/m1/s1. The summed E-state index contributed by atoms with van der Waals surface area (Å²) in [5.41, 5.74) is 1.25. The van der Waals surface area contributed by atoms with Crippen LogP contribution in [0.3, 0.4) is 0 Å². The van der Waals surface area contributed by atoms with Gasteiger partial charge in [0.15, 0.2) is 0 Å². The van der Waals surface area contributed by atoms with Crippen molar-refractivity contribution in [3.63, 3.8) is 0 Å². The lowest BCUT2D eigenvalue weighted by Crippen LogP contribution is -2.29. The monoisotopic (exact) mass is 237 g/mol. The molecule has 0 spiro atoms. The summed E-state index contributed by atoms with van der Waals surface area (Å²) in [6.07, 6.45) is 3.22. The first kappa shape index (κ1) is 12.4. The normalized spacial score (nSPS) is 17.6. The van der Waals surface area contributed by atoms with Gasteiger partial charge in [0.1, 0.15) is 5.82 Å². The Morgan fingerprint density at radius 1 is 1.47 bits per heavy atom. The average molecular weight is 237 g/mol. The highest BCUT2D eigenvalue weighted by Gasteiger charge is 2.20. The molecule has 1 aromatic carbocycles. The molecule has 1 atom stereocenters. The van der Waals surface area contributed by atoms with E-state index in [1.54, 1.807) is 19.1 Å². The quantitative estimate of drug-likeness (QED) is 0.869. The van der Waals surface area contributed by atoms with Crippen LogP contribution in [0.25, 0.3) is 0 Å². The Morgan fingerprint density at radius 3 is 2.65 bits per heavy atom. The maximum atomic E-state index is 13.9. The lowest BCUT2D eigenvalue weighted by atomic mass is 9.85. The third-order valence-corrected chi connectivity index (χ3v) is 3.62. The summed E-state index contributed by atoms with van der Waals surface area (Å²) in [7, 11) is 1.93. The Morgan fingerprint density at radius 2 is 2.18 bits per heavy atom. The van der Waals surface area contributed by atoms with Crippen molar-refractivity contribution in [1.29, 1.82) is 0 Å². The number of halogens is 1. The van der Waals surface area contributed by atoms with Crippen molar-refractivity contribution in [3.8, 4) is 0 Å². The van der Waals surface area contributed by atoms with Gasteiger partial charge in [-0.3, -0.25) is 0 Å². The molecule has 2 rings (SSSR count). The largest absolute Gasteiger partial charge is 0.389 e. The highest BCUT2D eigenvalue weighted by atomic mass is 19.1. The minimum atomic E-state index is -0.615. The number of anilines is 1. The molecule has 0 saturated heterocycles. The molecule has 1 aromatic rings. The van der Waals surface area contributed by atoms with Gasteiger partial charge in [0, 0.05) is 13.6 Å². The molecule has 0 aromatic heterocycles. The third kappa shape index (κ3) is 2.78. The van der Waals surface area contributed by atoms with Crippen molar-refractivity contribution in [2.75, 3.05) is 18.5 Å². The Balaban J connectivity index is 2.08. The summed E-state index contributed by atoms with van der Waals surface area (Å²) >= 11 is 0. The van der Waals surface area contributed by atoms with Gasteiger partial charge in [0.25, 0.3) is 0 Å². The van der Waals surface area contributed by atoms with Gasteiger partial charge in [0.05, 0.1) is 11.8 Å². The highest BCUT2D eigenvalue weighted by molar-refractivity contribution is 5.48. The molecule has 1 fully saturated rings. The second-order valence-corrected chi connectivity index (χ2v) is 5.06. The van der Waals surface area contributed by atoms with E-state index in [1.807, 2.05) is 11.9 Å². The third-order valence-electron chi connectivity index (χ3n) is 3.62. The zero-order valence-electron chi connectivity index (χ0n) is 10.5. The Kier molecular flexibility index (Phi) is 3.67. The zero-order chi connectivity index (χ0) is 12.4. The van der Waals surface area contributed by atoms with Crippen LogP contribution >= 0.6 is 0 Å². The first-order chi connectivity index (χ1) is 8.08. The van der Waals surface area contributed by atoms with Crippen molar-refractivity contribution in [2.24, 2.45) is 5.92 Å². The van der Waals surface area contributed by atoms with E-state index < -0.39 is 6.10 Å². The number of aliphatic hydroxyl groups excluding tert-OH is 1. The van der Waals surface area contributed by atoms with Crippen LogP contribution in [0.1, 0.15) is 37.9 Å². The van der Waals surface area contributed by atoms with Gasteiger partial charge in [-0.15, -0.1) is 0 Å². The summed E-state index contributed by atoms with van der Waals surface area (Å²) in [6, 6.07) is 4.98. The van der Waals surface area contributed by atoms with E-state index in [0.29, 0.717) is 11.3 Å². The van der Waals surface area contributed by atoms with Crippen molar-refractivity contribution in [1.82, 2.24) is 0 Å². The maximum Gasteiger partial charge on any atom is 0.146 e. The first-order valence-corrected chi connectivity index (χ1v) is 6.26. The number of aliphatic hydroxyl groups is 1. The molecule has 0 unspecified atom stereocenters. The molecule has 2 nitrogen and oxygen atoms in total. The van der Waals surface area contributed by atoms with E-state index in [-0.39, 0.29) is 5.82 Å². The maximum absolute atomic E-state index is 13.9. The molecule has 1 aliphatic rings. The minimum Gasteiger partial charge on any atom is -0.389 e. The van der Waals surface area contributed by atoms with E-state index in [1.165, 1.54) is 25.3 Å². The van der Waals surface area contributed by atoms with E-state index >= 15 is 0 Å². The molecule has 1 aliphatic carbocycles. The van der Waals surface area contributed by atoms with Crippen molar-refractivity contribution < 1.29 is 9.50 Å². The van der Waals surface area contributed by atoms with Crippen LogP contribution in [-0.4, -0.2) is 18.7 Å². The van der Waals surface area contributed by atoms with Crippen LogP contribution in [0.5, 0.6) is 0 Å². The number of nitrogens with zero attached hydrogens (tertiary/aromatic N) is 1. The summed E-state index contributed by atoms with van der Waals surface area (Å²) in [6.45, 7) is 2.57. The lowest BCUT2D eigenvalue weighted by molar-refractivity contribution is 0.199. The second kappa shape index (κ2) is 5.05. The Hall–Kier alpha value is -1.09. The molecule has 94 valence electrons. The van der Waals surface area contributed by atoms with Gasteiger partial charge in [0.2, 0.25) is 0 Å². The molecule has 0 bridgehead atoms. The van der Waals surface area contributed by atoms with Gasteiger partial charge in [-0.05, 0) is 43.4 Å². The predicted octanol–water partition coefficient (Wildman–Crippen LogP) is 3.12. The fraction of sp³-hybridized carbons (Fsp3) is 0.571. The Labute approximate surface area is 102 Å². The molecule has 0 radical (unpaired) electrons. The van der Waals surface area contributed by atoms with Gasteiger partial charge in [-0.1, -0.05) is 12.5 Å². The summed E-state index contributed by atoms with van der Waals surface area (Å²) < 4.78 is 13.9. The molecule has 0 heterocycles.